The highest BCUT2D eigenvalue weighted by Crippen LogP contribution is 1.81. The summed E-state index contributed by atoms with van der Waals surface area (Å²) in [7, 11) is 0. The Morgan fingerprint density at radius 2 is 2.56 bits per heavy atom. The van der Waals surface area contributed by atoms with Crippen molar-refractivity contribution in [3.63, 3.8) is 0 Å². The summed E-state index contributed by atoms with van der Waals surface area (Å²) in [6.45, 7) is 4.04. The van der Waals surface area contributed by atoms with Gasteiger partial charge < -0.3 is 9.84 Å². The summed E-state index contributed by atoms with van der Waals surface area (Å²) in [5, 5.41) is 8.69. The van der Waals surface area contributed by atoms with E-state index in [9.17, 15) is 0 Å². The zero-order valence-electron chi connectivity index (χ0n) is 5.21. The first-order valence-electron chi connectivity index (χ1n) is 2.64. The maximum Gasteiger partial charge on any atom is 0.137 e. The molecule has 0 aromatic carbocycles. The predicted molar refractivity (Wildman–Crippen MR) is 35.9 cm³/mol. The quantitative estimate of drug-likeness (QED) is 0.331. The van der Waals surface area contributed by atoms with Gasteiger partial charge in [0.2, 0.25) is 0 Å². The van der Waals surface area contributed by atoms with Crippen LogP contribution in [0.3, 0.4) is 0 Å². The van der Waals surface area contributed by atoms with E-state index in [4.69, 9.17) is 16.3 Å². The molecule has 1 atom stereocenters. The predicted octanol–water partition coefficient (Wildman–Crippen LogP) is 0.183. The van der Waals surface area contributed by atoms with Crippen molar-refractivity contribution < 1.29 is 9.84 Å². The van der Waals surface area contributed by atoms with Crippen molar-refractivity contribution in [2.45, 2.75) is 6.10 Å². The number of hydrogen-bond donors (Lipinski definition) is 1. The third kappa shape index (κ3) is 5.09. The Balaban J connectivity index is 3.08. The Labute approximate surface area is 55.1 Å². The topological polar surface area (TPSA) is 29.5 Å². The second-order valence-corrected chi connectivity index (χ2v) is 1.51. The molecule has 0 radical (unpaired) electrons. The lowest BCUT2D eigenvalue weighted by molar-refractivity contribution is 0.0797. The van der Waals surface area contributed by atoms with Crippen LogP contribution < -0.4 is 0 Å². The summed E-state index contributed by atoms with van der Waals surface area (Å²) in [4.78, 5) is 0. The smallest absolute Gasteiger partial charge is 0.137 e. The number of ether oxygens (including phenoxy) is 1. The van der Waals surface area contributed by atoms with Gasteiger partial charge in [-0.3, -0.25) is 0 Å². The van der Waals surface area contributed by atoms with E-state index < -0.39 is 6.10 Å². The number of terminal acetylenes is 1. The summed E-state index contributed by atoms with van der Waals surface area (Å²) in [5.41, 5.74) is 0. The Bertz CT molecular complexity index is 113. The van der Waals surface area contributed by atoms with Gasteiger partial charge in [-0.25, -0.2) is 0 Å². The molecule has 0 aliphatic heterocycles. The summed E-state index contributed by atoms with van der Waals surface area (Å²) < 4.78 is 4.82. The zero-order valence-corrected chi connectivity index (χ0v) is 5.21. The molecule has 0 saturated carbocycles. The zero-order chi connectivity index (χ0) is 7.11. The molecule has 50 valence electrons. The van der Waals surface area contributed by atoms with Crippen LogP contribution in [0.1, 0.15) is 0 Å². The van der Waals surface area contributed by atoms with Crippen LogP contribution in [0.4, 0.5) is 0 Å². The van der Waals surface area contributed by atoms with Gasteiger partial charge in [-0.1, -0.05) is 12.0 Å². The van der Waals surface area contributed by atoms with Gasteiger partial charge >= 0.3 is 0 Å². The van der Waals surface area contributed by atoms with Gasteiger partial charge in [-0.2, -0.15) is 0 Å². The molecule has 9 heavy (non-hydrogen) atoms. The van der Waals surface area contributed by atoms with Crippen molar-refractivity contribution in [2.24, 2.45) is 0 Å². The molecule has 0 heterocycles. The normalized spacial score (nSPS) is 12.0. The van der Waals surface area contributed by atoms with Gasteiger partial charge in [-0.05, 0) is 0 Å². The van der Waals surface area contributed by atoms with E-state index >= 15 is 0 Å². The van der Waals surface area contributed by atoms with Crippen molar-refractivity contribution in [3.8, 4) is 12.3 Å². The molecule has 1 unspecified atom stereocenters. The van der Waals surface area contributed by atoms with Crippen molar-refractivity contribution in [2.75, 3.05) is 13.2 Å². The lowest BCUT2D eigenvalue weighted by atomic mass is 10.4. The minimum Gasteiger partial charge on any atom is -0.378 e. The summed E-state index contributed by atoms with van der Waals surface area (Å²) in [6, 6.07) is 0. The van der Waals surface area contributed by atoms with E-state index in [1.54, 1.807) is 6.08 Å². The molecule has 0 aliphatic carbocycles. The Morgan fingerprint density at radius 3 is 3.00 bits per heavy atom. The molecule has 0 aromatic heterocycles. The Hall–Kier alpha value is -0.780. The van der Waals surface area contributed by atoms with Gasteiger partial charge in [0.15, 0.2) is 0 Å². The van der Waals surface area contributed by atoms with Gasteiger partial charge in [0, 0.05) is 0 Å². The van der Waals surface area contributed by atoms with E-state index in [2.05, 4.69) is 12.5 Å². The first-order valence-corrected chi connectivity index (χ1v) is 2.64. The van der Waals surface area contributed by atoms with Crippen LogP contribution in [0.15, 0.2) is 12.7 Å². The van der Waals surface area contributed by atoms with Crippen LogP contribution >= 0.6 is 0 Å². The number of rotatable bonds is 4. The van der Waals surface area contributed by atoms with E-state index in [1.165, 1.54) is 0 Å². The molecule has 0 spiro atoms. The summed E-state index contributed by atoms with van der Waals surface area (Å²) in [5.74, 6) is 2.12. The minimum atomic E-state index is -0.787. The highest BCUT2D eigenvalue weighted by molar-refractivity contribution is 4.92. The van der Waals surface area contributed by atoms with E-state index in [1.807, 2.05) is 0 Å². The number of aliphatic hydroxyl groups excluding tert-OH is 1. The molecule has 0 aromatic rings. The van der Waals surface area contributed by atoms with E-state index in [0.717, 1.165) is 0 Å². The van der Waals surface area contributed by atoms with Gasteiger partial charge in [0.1, 0.15) is 6.10 Å². The largest absolute Gasteiger partial charge is 0.378 e. The second kappa shape index (κ2) is 5.36. The molecule has 0 saturated heterocycles. The average Bonchev–Trinajstić information content (AvgIpc) is 1.89. The molecule has 0 rings (SSSR count). The van der Waals surface area contributed by atoms with Crippen LogP contribution in [0.5, 0.6) is 0 Å². The highest BCUT2D eigenvalue weighted by Gasteiger charge is 1.94. The van der Waals surface area contributed by atoms with Crippen LogP contribution in [0, 0.1) is 12.3 Å². The van der Waals surface area contributed by atoms with Gasteiger partial charge in [-0.15, -0.1) is 13.0 Å². The van der Waals surface area contributed by atoms with Gasteiger partial charge in [0.05, 0.1) is 13.2 Å². The third-order valence-corrected chi connectivity index (χ3v) is 0.704. The molecule has 0 aliphatic rings. The minimum absolute atomic E-state index is 0.183. The molecular weight excluding hydrogens is 116 g/mol. The highest BCUT2D eigenvalue weighted by atomic mass is 16.5. The Kier molecular flexibility index (Phi) is 4.89. The number of aliphatic hydroxyl groups is 1. The van der Waals surface area contributed by atoms with Crippen LogP contribution in [0.2, 0.25) is 0 Å². The molecule has 2 heteroatoms. The fourth-order valence-electron chi connectivity index (χ4n) is 0.311. The van der Waals surface area contributed by atoms with Crippen molar-refractivity contribution in [1.29, 1.82) is 0 Å². The van der Waals surface area contributed by atoms with Crippen molar-refractivity contribution in [3.05, 3.63) is 12.7 Å². The number of hydrogen-bond acceptors (Lipinski definition) is 2. The summed E-state index contributed by atoms with van der Waals surface area (Å²) in [6.07, 6.45) is 5.66. The molecule has 0 bridgehead atoms. The third-order valence-electron chi connectivity index (χ3n) is 0.704. The Morgan fingerprint density at radius 1 is 1.89 bits per heavy atom. The fraction of sp³-hybridized carbons (Fsp3) is 0.429. The maximum atomic E-state index is 8.69. The lowest BCUT2D eigenvalue weighted by Crippen LogP contribution is -2.12. The van der Waals surface area contributed by atoms with Crippen molar-refractivity contribution in [1.82, 2.24) is 0 Å². The monoisotopic (exact) mass is 126 g/mol. The fourth-order valence-corrected chi connectivity index (χ4v) is 0.311. The first-order chi connectivity index (χ1) is 4.31. The maximum absolute atomic E-state index is 8.69. The van der Waals surface area contributed by atoms with E-state index in [-0.39, 0.29) is 6.61 Å². The summed E-state index contributed by atoms with van der Waals surface area (Å²) >= 11 is 0. The van der Waals surface area contributed by atoms with Crippen LogP contribution in [0.25, 0.3) is 0 Å². The standard InChI is InChI=1S/C7H10O2/c1-3-5-9-6-7(8)4-2/h2-3,7-8H,1,5-6H2. The molecular formula is C7H10O2. The van der Waals surface area contributed by atoms with Gasteiger partial charge in [0.25, 0.3) is 0 Å². The SMILES string of the molecule is C#CC(O)COCC=C. The lowest BCUT2D eigenvalue weighted by Gasteiger charge is -2.00. The first kappa shape index (κ1) is 8.22. The molecule has 1 N–H and O–H groups in total. The van der Waals surface area contributed by atoms with Crippen LogP contribution in [-0.4, -0.2) is 24.4 Å². The van der Waals surface area contributed by atoms with Crippen molar-refractivity contribution >= 4 is 0 Å². The molecule has 2 nitrogen and oxygen atoms in total. The van der Waals surface area contributed by atoms with E-state index in [0.29, 0.717) is 6.61 Å². The average molecular weight is 126 g/mol. The second-order valence-electron chi connectivity index (χ2n) is 1.51. The molecule has 0 fully saturated rings. The molecule has 0 amide bonds. The van der Waals surface area contributed by atoms with Crippen LogP contribution in [-0.2, 0) is 4.74 Å².